The molecule has 3 aromatic rings. The topological polar surface area (TPSA) is 29.3 Å². The van der Waals surface area contributed by atoms with Crippen molar-refractivity contribution in [1.29, 1.82) is 0 Å². The minimum absolute atomic E-state index is 0.0316. The molecule has 1 aromatic carbocycles. The summed E-state index contributed by atoms with van der Waals surface area (Å²) in [4.78, 5) is 4.96. The third kappa shape index (κ3) is 1.59. The molecule has 0 atom stereocenters. The fourth-order valence-electron chi connectivity index (χ4n) is 4.12. The number of halogens is 1. The minimum Gasteiger partial charge on any atom is -0.373 e. The first-order chi connectivity index (χ1) is 10.8. The van der Waals surface area contributed by atoms with Crippen molar-refractivity contribution in [3.05, 3.63) is 52.8 Å². The van der Waals surface area contributed by atoms with E-state index in [0.717, 1.165) is 15.8 Å². The molecule has 1 saturated carbocycles. The number of hydrogen-bond acceptors (Lipinski definition) is 2. The van der Waals surface area contributed by atoms with Crippen LogP contribution in [0.5, 0.6) is 0 Å². The van der Waals surface area contributed by atoms with Gasteiger partial charge < -0.3 is 5.32 Å². The highest BCUT2D eigenvalue weighted by Gasteiger charge is 2.43. The van der Waals surface area contributed by atoms with Crippen molar-refractivity contribution in [2.45, 2.75) is 31.2 Å². The van der Waals surface area contributed by atoms with E-state index in [1.54, 1.807) is 0 Å². The fourth-order valence-corrected chi connectivity index (χ4v) is 4.46. The van der Waals surface area contributed by atoms with E-state index in [9.17, 15) is 0 Å². The maximum atomic E-state index is 4.96. The van der Waals surface area contributed by atoms with Crippen LogP contribution >= 0.6 is 15.9 Å². The lowest BCUT2D eigenvalue weighted by atomic mass is 9.85. The van der Waals surface area contributed by atoms with Gasteiger partial charge >= 0.3 is 0 Å². The van der Waals surface area contributed by atoms with Crippen LogP contribution in [0.25, 0.3) is 16.9 Å². The van der Waals surface area contributed by atoms with Crippen LogP contribution in [-0.2, 0) is 5.54 Å². The molecule has 0 saturated heterocycles. The predicted octanol–water partition coefficient (Wildman–Crippen LogP) is 4.96. The van der Waals surface area contributed by atoms with Gasteiger partial charge in [-0.3, -0.25) is 4.40 Å². The Kier molecular flexibility index (Phi) is 2.51. The number of anilines is 1. The summed E-state index contributed by atoms with van der Waals surface area (Å²) in [5.41, 5.74) is 5.98. The zero-order valence-electron chi connectivity index (χ0n) is 12.1. The average Bonchev–Trinajstić information content (AvgIpc) is 3.13. The second-order valence-corrected chi connectivity index (χ2v) is 7.26. The first kappa shape index (κ1) is 12.7. The standard InChI is InChI=1S/C18H16BrN3/c19-12-7-8-15-20-16-13-5-1-2-6-14(13)21-18(9-3-4-10-18)17(16)22(15)11-12/h1-2,5-8,11,21H,3-4,9-10H2. The van der Waals surface area contributed by atoms with Crippen molar-refractivity contribution in [2.24, 2.45) is 0 Å². The molecule has 22 heavy (non-hydrogen) atoms. The number of nitrogens with one attached hydrogen (secondary N) is 1. The normalized spacial score (nSPS) is 18.2. The Balaban J connectivity index is 1.91. The largest absolute Gasteiger partial charge is 0.373 e. The van der Waals surface area contributed by atoms with Crippen molar-refractivity contribution in [2.75, 3.05) is 5.32 Å². The molecular weight excluding hydrogens is 338 g/mol. The number of pyridine rings is 1. The molecule has 1 aliphatic carbocycles. The molecule has 3 nitrogen and oxygen atoms in total. The fraction of sp³-hybridized carbons (Fsp3) is 0.278. The molecular formula is C18H16BrN3. The van der Waals surface area contributed by atoms with Crippen LogP contribution in [0.4, 0.5) is 5.69 Å². The van der Waals surface area contributed by atoms with E-state index >= 15 is 0 Å². The molecule has 1 N–H and O–H groups in total. The number of imidazole rings is 1. The maximum absolute atomic E-state index is 4.96. The zero-order chi connectivity index (χ0) is 14.7. The molecule has 0 unspecified atom stereocenters. The number of para-hydroxylation sites is 1. The minimum atomic E-state index is 0.0316. The summed E-state index contributed by atoms with van der Waals surface area (Å²) in [6.07, 6.45) is 7.05. The van der Waals surface area contributed by atoms with Gasteiger partial charge in [0.15, 0.2) is 0 Å². The zero-order valence-corrected chi connectivity index (χ0v) is 13.7. The van der Waals surface area contributed by atoms with Gasteiger partial charge in [-0.15, -0.1) is 0 Å². The summed E-state index contributed by atoms with van der Waals surface area (Å²) in [6.45, 7) is 0. The smallest absolute Gasteiger partial charge is 0.137 e. The van der Waals surface area contributed by atoms with E-state index in [4.69, 9.17) is 4.98 Å². The van der Waals surface area contributed by atoms with Gasteiger partial charge in [-0.25, -0.2) is 4.98 Å². The number of aromatic nitrogens is 2. The quantitative estimate of drug-likeness (QED) is 0.618. The predicted molar refractivity (Wildman–Crippen MR) is 92.1 cm³/mol. The summed E-state index contributed by atoms with van der Waals surface area (Å²) >= 11 is 3.60. The summed E-state index contributed by atoms with van der Waals surface area (Å²) in [5, 5.41) is 3.85. The highest BCUT2D eigenvalue weighted by molar-refractivity contribution is 9.10. The second kappa shape index (κ2) is 4.35. The summed E-state index contributed by atoms with van der Waals surface area (Å²) in [7, 11) is 0. The second-order valence-electron chi connectivity index (χ2n) is 6.34. The Morgan fingerprint density at radius 3 is 2.77 bits per heavy atom. The Morgan fingerprint density at radius 1 is 1.09 bits per heavy atom. The van der Waals surface area contributed by atoms with Crippen LogP contribution in [0, 0.1) is 0 Å². The maximum Gasteiger partial charge on any atom is 0.137 e. The van der Waals surface area contributed by atoms with Gasteiger partial charge in [0.05, 0.1) is 16.9 Å². The molecule has 1 spiro atoms. The highest BCUT2D eigenvalue weighted by atomic mass is 79.9. The van der Waals surface area contributed by atoms with Crippen molar-refractivity contribution < 1.29 is 0 Å². The Hall–Kier alpha value is -1.81. The van der Waals surface area contributed by atoms with Gasteiger partial charge in [-0.05, 0) is 47.0 Å². The first-order valence-electron chi connectivity index (χ1n) is 7.83. The van der Waals surface area contributed by atoms with Crippen LogP contribution < -0.4 is 5.32 Å². The summed E-state index contributed by atoms with van der Waals surface area (Å²) in [5.74, 6) is 0. The van der Waals surface area contributed by atoms with Gasteiger partial charge in [0.2, 0.25) is 0 Å². The van der Waals surface area contributed by atoms with E-state index in [2.05, 4.69) is 68.2 Å². The molecule has 0 radical (unpaired) electrons. The van der Waals surface area contributed by atoms with Crippen LogP contribution in [0.2, 0.25) is 0 Å². The average molecular weight is 354 g/mol. The molecule has 3 heterocycles. The lowest BCUT2D eigenvalue weighted by molar-refractivity contribution is 0.486. The molecule has 2 aliphatic rings. The van der Waals surface area contributed by atoms with Gasteiger partial charge in [-0.1, -0.05) is 31.0 Å². The van der Waals surface area contributed by atoms with Gasteiger partial charge in [-0.2, -0.15) is 0 Å². The number of rotatable bonds is 0. The van der Waals surface area contributed by atoms with E-state index in [-0.39, 0.29) is 5.54 Å². The van der Waals surface area contributed by atoms with E-state index in [1.807, 2.05) is 0 Å². The molecule has 110 valence electrons. The van der Waals surface area contributed by atoms with Gasteiger partial charge in [0, 0.05) is 21.9 Å². The number of nitrogens with zero attached hydrogens (tertiary/aromatic N) is 2. The van der Waals surface area contributed by atoms with Crippen LogP contribution in [0.1, 0.15) is 31.4 Å². The number of fused-ring (bicyclic) bond motifs is 6. The van der Waals surface area contributed by atoms with Crippen molar-refractivity contribution in [3.63, 3.8) is 0 Å². The lowest BCUT2D eigenvalue weighted by Crippen LogP contribution is -2.36. The molecule has 1 fully saturated rings. The third-order valence-corrected chi connectivity index (χ3v) is 5.52. The van der Waals surface area contributed by atoms with Crippen LogP contribution in [-0.4, -0.2) is 9.38 Å². The number of hydrogen-bond donors (Lipinski definition) is 1. The van der Waals surface area contributed by atoms with Gasteiger partial charge in [0.25, 0.3) is 0 Å². The SMILES string of the molecule is Brc1ccc2nc3c(n2c1)C1(CCCC1)Nc1ccccc1-3. The Morgan fingerprint density at radius 2 is 1.91 bits per heavy atom. The van der Waals surface area contributed by atoms with Crippen molar-refractivity contribution >= 4 is 27.3 Å². The Bertz CT molecular complexity index is 890. The highest BCUT2D eigenvalue weighted by Crippen LogP contribution is 2.50. The molecule has 0 bridgehead atoms. The Labute approximate surface area is 137 Å². The summed E-state index contributed by atoms with van der Waals surface area (Å²) in [6, 6.07) is 12.7. The van der Waals surface area contributed by atoms with Crippen LogP contribution in [0.15, 0.2) is 47.1 Å². The first-order valence-corrected chi connectivity index (χ1v) is 8.62. The third-order valence-electron chi connectivity index (χ3n) is 5.05. The molecule has 2 aromatic heterocycles. The van der Waals surface area contributed by atoms with Gasteiger partial charge in [0.1, 0.15) is 5.65 Å². The van der Waals surface area contributed by atoms with Crippen LogP contribution in [0.3, 0.4) is 0 Å². The molecule has 0 amide bonds. The van der Waals surface area contributed by atoms with Crippen molar-refractivity contribution in [1.82, 2.24) is 9.38 Å². The summed E-state index contributed by atoms with van der Waals surface area (Å²) < 4.78 is 3.36. The van der Waals surface area contributed by atoms with E-state index < -0.39 is 0 Å². The van der Waals surface area contributed by atoms with E-state index in [1.165, 1.54) is 42.6 Å². The molecule has 5 rings (SSSR count). The molecule has 1 aliphatic heterocycles. The lowest BCUT2D eigenvalue weighted by Gasteiger charge is -2.36. The monoisotopic (exact) mass is 353 g/mol. The van der Waals surface area contributed by atoms with E-state index in [0.29, 0.717) is 0 Å². The van der Waals surface area contributed by atoms with Crippen molar-refractivity contribution in [3.8, 4) is 11.3 Å². The molecule has 4 heteroatoms. The number of benzene rings is 1.